The summed E-state index contributed by atoms with van der Waals surface area (Å²) in [6.07, 6.45) is 8.74. The fraction of sp³-hybridized carbons (Fsp3) is 0.517. The number of hydrogen-bond donors (Lipinski definition) is 1. The fourth-order valence-corrected chi connectivity index (χ4v) is 5.31. The van der Waals surface area contributed by atoms with Crippen LogP contribution in [0.1, 0.15) is 76.5 Å². The van der Waals surface area contributed by atoms with Gasteiger partial charge in [-0.2, -0.15) is 5.26 Å². The molecule has 4 rings (SSSR count). The Balaban J connectivity index is 1.80. The van der Waals surface area contributed by atoms with Crippen molar-refractivity contribution in [2.75, 3.05) is 11.4 Å². The van der Waals surface area contributed by atoms with Crippen LogP contribution in [0.5, 0.6) is 0 Å². The molecule has 0 spiro atoms. The van der Waals surface area contributed by atoms with E-state index in [2.05, 4.69) is 31.1 Å². The number of alkyl halides is 1. The van der Waals surface area contributed by atoms with Gasteiger partial charge in [0.15, 0.2) is 6.19 Å². The molecule has 2 heterocycles. The van der Waals surface area contributed by atoms with E-state index in [1.54, 1.807) is 36.7 Å². The average Bonchev–Trinajstić information content (AvgIpc) is 3.27. The van der Waals surface area contributed by atoms with Crippen LogP contribution in [0.15, 0.2) is 48.8 Å². The summed E-state index contributed by atoms with van der Waals surface area (Å²) < 4.78 is 15.1. The van der Waals surface area contributed by atoms with Gasteiger partial charge in [-0.3, -0.25) is 24.4 Å². The van der Waals surface area contributed by atoms with Gasteiger partial charge in [0.1, 0.15) is 18.3 Å². The summed E-state index contributed by atoms with van der Waals surface area (Å²) in [5, 5.41) is 12.8. The molecule has 1 aliphatic heterocycles. The standard InChI is InChI=1S/C29H36FN5O2/c1-29(2,3)21-11-13-23(14-12-21)35(28(37)26-24(30)15-17-34(26)19-31)25(20-8-7-16-32-18-20)27(36)33-22-9-5-4-6-10-22/h7-8,11-14,16,18,22,24-26H,4-6,9-10,15,17H2,1-3H3,(H,33,36)/t24-,25?,26?/m1/s1. The van der Waals surface area contributed by atoms with E-state index in [1.807, 2.05) is 18.3 Å². The van der Waals surface area contributed by atoms with Crippen LogP contribution in [0.25, 0.3) is 0 Å². The second-order valence-electron chi connectivity index (χ2n) is 11.1. The largest absolute Gasteiger partial charge is 0.351 e. The molecule has 1 saturated heterocycles. The molecule has 2 aliphatic rings. The lowest BCUT2D eigenvalue weighted by molar-refractivity contribution is -0.129. The van der Waals surface area contributed by atoms with E-state index < -0.39 is 24.2 Å². The minimum atomic E-state index is -1.50. The molecule has 7 nitrogen and oxygen atoms in total. The van der Waals surface area contributed by atoms with Crippen LogP contribution in [0, 0.1) is 11.5 Å². The number of nitrogens with one attached hydrogen (secondary N) is 1. The van der Waals surface area contributed by atoms with Gasteiger partial charge in [0.05, 0.1) is 0 Å². The number of benzene rings is 1. The second kappa shape index (κ2) is 11.3. The van der Waals surface area contributed by atoms with Gasteiger partial charge in [0.25, 0.3) is 5.91 Å². The summed E-state index contributed by atoms with van der Waals surface area (Å²) in [4.78, 5) is 34.8. The van der Waals surface area contributed by atoms with Crippen LogP contribution >= 0.6 is 0 Å². The summed E-state index contributed by atoms with van der Waals surface area (Å²) >= 11 is 0. The lowest BCUT2D eigenvalue weighted by atomic mass is 9.87. The number of halogens is 1. The first-order valence-corrected chi connectivity index (χ1v) is 13.1. The number of pyridine rings is 1. The predicted octanol–water partition coefficient (Wildman–Crippen LogP) is 4.80. The molecule has 2 aromatic rings. The Labute approximate surface area is 218 Å². The maximum atomic E-state index is 15.1. The Bertz CT molecular complexity index is 1120. The van der Waals surface area contributed by atoms with E-state index >= 15 is 4.39 Å². The van der Waals surface area contributed by atoms with Crippen LogP contribution in [0.4, 0.5) is 10.1 Å². The van der Waals surface area contributed by atoms with E-state index in [0.717, 1.165) is 37.7 Å². The zero-order valence-electron chi connectivity index (χ0n) is 21.9. The van der Waals surface area contributed by atoms with E-state index in [1.165, 1.54) is 9.80 Å². The highest BCUT2D eigenvalue weighted by Gasteiger charge is 2.45. The molecule has 2 amide bonds. The van der Waals surface area contributed by atoms with Crippen molar-refractivity contribution in [2.45, 2.75) is 89.0 Å². The van der Waals surface area contributed by atoms with Crippen molar-refractivity contribution < 1.29 is 14.0 Å². The maximum absolute atomic E-state index is 15.1. The van der Waals surface area contributed by atoms with Gasteiger partial charge in [-0.1, -0.05) is 58.2 Å². The summed E-state index contributed by atoms with van der Waals surface area (Å²) in [5.41, 5.74) is 1.96. The molecule has 2 fully saturated rings. The summed E-state index contributed by atoms with van der Waals surface area (Å²) in [6, 6.07) is 8.62. The van der Waals surface area contributed by atoms with E-state index in [-0.39, 0.29) is 30.3 Å². The summed E-state index contributed by atoms with van der Waals surface area (Å²) in [7, 11) is 0. The fourth-order valence-electron chi connectivity index (χ4n) is 5.31. The van der Waals surface area contributed by atoms with Crippen molar-refractivity contribution in [3.05, 3.63) is 59.9 Å². The lowest BCUT2D eigenvalue weighted by Crippen LogP contribution is -2.53. The number of hydrogen-bond acceptors (Lipinski definition) is 5. The average molecular weight is 506 g/mol. The van der Waals surface area contributed by atoms with Crippen molar-refractivity contribution in [2.24, 2.45) is 0 Å². The van der Waals surface area contributed by atoms with Gasteiger partial charge < -0.3 is 5.32 Å². The number of nitriles is 1. The minimum absolute atomic E-state index is 0.0247. The van der Waals surface area contributed by atoms with Gasteiger partial charge in [-0.15, -0.1) is 0 Å². The zero-order valence-corrected chi connectivity index (χ0v) is 21.9. The highest BCUT2D eigenvalue weighted by Crippen LogP contribution is 2.34. The van der Waals surface area contributed by atoms with Crippen LogP contribution in [-0.4, -0.2) is 46.5 Å². The highest BCUT2D eigenvalue weighted by atomic mass is 19.1. The van der Waals surface area contributed by atoms with Gasteiger partial charge in [-0.25, -0.2) is 4.39 Å². The molecule has 0 radical (unpaired) electrons. The number of aromatic nitrogens is 1. The van der Waals surface area contributed by atoms with Crippen molar-refractivity contribution >= 4 is 17.5 Å². The first-order valence-electron chi connectivity index (χ1n) is 13.1. The van der Waals surface area contributed by atoms with Gasteiger partial charge in [0, 0.05) is 36.2 Å². The SMILES string of the molecule is CC(C)(C)c1ccc(N(C(=O)C2[C@H](F)CCN2C#N)C(C(=O)NC2CCCCC2)c2cccnc2)cc1. The van der Waals surface area contributed by atoms with E-state index in [9.17, 15) is 14.9 Å². The number of amides is 2. The number of carbonyl (C=O) groups excluding carboxylic acids is 2. The molecule has 8 heteroatoms. The van der Waals surface area contributed by atoms with Crippen LogP contribution in [-0.2, 0) is 15.0 Å². The van der Waals surface area contributed by atoms with Crippen LogP contribution in [0.2, 0.25) is 0 Å². The quantitative estimate of drug-likeness (QED) is 0.570. The summed E-state index contributed by atoms with van der Waals surface area (Å²) in [6.45, 7) is 6.45. The molecule has 1 saturated carbocycles. The lowest BCUT2D eigenvalue weighted by Gasteiger charge is -2.36. The summed E-state index contributed by atoms with van der Waals surface area (Å²) in [5.74, 6) is -0.937. The number of rotatable bonds is 6. The molecular formula is C29H36FN5O2. The van der Waals surface area contributed by atoms with E-state index in [0.29, 0.717) is 11.3 Å². The molecule has 1 aromatic carbocycles. The first kappa shape index (κ1) is 26.6. The van der Waals surface area contributed by atoms with Crippen LogP contribution in [0.3, 0.4) is 0 Å². The molecule has 2 unspecified atom stereocenters. The van der Waals surface area contributed by atoms with Crippen LogP contribution < -0.4 is 10.2 Å². The van der Waals surface area contributed by atoms with Gasteiger partial charge in [-0.05, 0) is 48.4 Å². The van der Waals surface area contributed by atoms with Crippen molar-refractivity contribution in [3.63, 3.8) is 0 Å². The Morgan fingerprint density at radius 3 is 2.43 bits per heavy atom. The number of anilines is 1. The molecule has 1 aromatic heterocycles. The number of likely N-dealkylation sites (tertiary alicyclic amines) is 1. The van der Waals surface area contributed by atoms with Crippen molar-refractivity contribution in [1.29, 1.82) is 5.26 Å². The molecule has 1 N–H and O–H groups in total. The van der Waals surface area contributed by atoms with Crippen molar-refractivity contribution in [1.82, 2.24) is 15.2 Å². The number of nitrogens with zero attached hydrogens (tertiary/aromatic N) is 4. The second-order valence-corrected chi connectivity index (χ2v) is 11.1. The molecular weight excluding hydrogens is 469 g/mol. The Morgan fingerprint density at radius 1 is 1.14 bits per heavy atom. The monoisotopic (exact) mass is 505 g/mol. The molecule has 1 aliphatic carbocycles. The minimum Gasteiger partial charge on any atom is -0.351 e. The number of carbonyl (C=O) groups is 2. The zero-order chi connectivity index (χ0) is 26.6. The Morgan fingerprint density at radius 2 is 1.84 bits per heavy atom. The normalized spacial score (nSPS) is 21.2. The maximum Gasteiger partial charge on any atom is 0.254 e. The molecule has 0 bridgehead atoms. The third-order valence-electron chi connectivity index (χ3n) is 7.41. The predicted molar refractivity (Wildman–Crippen MR) is 140 cm³/mol. The molecule has 3 atom stereocenters. The van der Waals surface area contributed by atoms with Gasteiger partial charge in [0.2, 0.25) is 5.91 Å². The highest BCUT2D eigenvalue weighted by molar-refractivity contribution is 6.04. The third kappa shape index (κ3) is 5.93. The van der Waals surface area contributed by atoms with E-state index in [4.69, 9.17) is 0 Å². The Hall–Kier alpha value is -3.47. The first-order chi connectivity index (χ1) is 17.7. The van der Waals surface area contributed by atoms with Gasteiger partial charge >= 0.3 is 0 Å². The topological polar surface area (TPSA) is 89.3 Å². The van der Waals surface area contributed by atoms with Crippen molar-refractivity contribution in [3.8, 4) is 6.19 Å². The Kier molecular flexibility index (Phi) is 8.11. The smallest absolute Gasteiger partial charge is 0.254 e. The third-order valence-corrected chi connectivity index (χ3v) is 7.41. The molecule has 37 heavy (non-hydrogen) atoms. The molecule has 196 valence electrons.